The summed E-state index contributed by atoms with van der Waals surface area (Å²) in [5.41, 5.74) is -0.231. The number of carbonyl (C=O) groups is 2. The van der Waals surface area contributed by atoms with Crippen molar-refractivity contribution < 1.29 is 32.0 Å². The van der Waals surface area contributed by atoms with E-state index in [2.05, 4.69) is 13.8 Å². The first-order valence-electron chi connectivity index (χ1n) is 11.6. The number of unbranched alkanes of at least 4 members (excludes halogenated alkanes) is 2. The fraction of sp³-hybridized carbons (Fsp3) is 0.667. The van der Waals surface area contributed by atoms with E-state index in [0.29, 0.717) is 0 Å². The van der Waals surface area contributed by atoms with E-state index in [0.717, 1.165) is 63.5 Å². The number of carbonyl (C=O) groups excluding carboxylic acids is 2. The molecule has 0 aliphatic heterocycles. The molecule has 0 heterocycles. The monoisotopic (exact) mass is 512 g/mol. The molecule has 0 amide bonds. The van der Waals surface area contributed by atoms with E-state index >= 15 is 0 Å². The van der Waals surface area contributed by atoms with Gasteiger partial charge in [0.15, 0.2) is 0 Å². The van der Waals surface area contributed by atoms with E-state index in [9.17, 15) is 22.6 Å². The van der Waals surface area contributed by atoms with Crippen LogP contribution in [0.2, 0.25) is 0 Å². The Morgan fingerprint density at radius 2 is 1.21 bits per heavy atom. The molecule has 0 saturated carbocycles. The van der Waals surface area contributed by atoms with Gasteiger partial charge in [0.2, 0.25) is 0 Å². The van der Waals surface area contributed by atoms with Crippen LogP contribution < -0.4 is 0 Å². The van der Waals surface area contributed by atoms with Gasteiger partial charge in [-0.3, -0.25) is 4.55 Å². The molecule has 2 unspecified atom stereocenters. The fourth-order valence-corrected chi connectivity index (χ4v) is 3.89. The van der Waals surface area contributed by atoms with Crippen LogP contribution in [0.25, 0.3) is 0 Å². The van der Waals surface area contributed by atoms with E-state index in [4.69, 9.17) is 9.47 Å². The number of benzene rings is 1. The predicted octanol–water partition coefficient (Wildman–Crippen LogP) is 4.76. The van der Waals surface area contributed by atoms with E-state index in [-0.39, 0.29) is 73.9 Å². The van der Waals surface area contributed by atoms with Crippen LogP contribution in [-0.2, 0) is 19.6 Å². The zero-order valence-electron chi connectivity index (χ0n) is 19.8. The predicted molar refractivity (Wildman–Crippen MR) is 132 cm³/mol. The quantitative estimate of drug-likeness (QED) is 0.205. The Labute approximate surface area is 228 Å². The molecule has 0 aliphatic rings. The second-order valence-electron chi connectivity index (χ2n) is 8.25. The molecule has 7 nitrogen and oxygen atoms in total. The minimum atomic E-state index is -4.63. The van der Waals surface area contributed by atoms with Crippen molar-refractivity contribution in [3.05, 3.63) is 29.3 Å². The summed E-state index contributed by atoms with van der Waals surface area (Å²) < 4.78 is 43.6. The minimum absolute atomic E-state index is 0. The van der Waals surface area contributed by atoms with Crippen molar-refractivity contribution in [3.8, 4) is 0 Å². The van der Waals surface area contributed by atoms with Crippen LogP contribution >= 0.6 is 0 Å². The van der Waals surface area contributed by atoms with Gasteiger partial charge in [0.25, 0.3) is 10.1 Å². The Morgan fingerprint density at radius 3 is 1.52 bits per heavy atom. The molecule has 1 N–H and O–H groups in total. The van der Waals surface area contributed by atoms with Crippen molar-refractivity contribution in [2.24, 2.45) is 11.8 Å². The molecule has 2 atom stereocenters. The van der Waals surface area contributed by atoms with Gasteiger partial charge in [-0.15, -0.1) is 0 Å². The molecular weight excluding hydrogens is 472 g/mol. The van der Waals surface area contributed by atoms with Crippen LogP contribution in [0.5, 0.6) is 0 Å². The Kier molecular flexibility index (Phi) is 16.5. The molecule has 9 heteroatoms. The fourth-order valence-electron chi connectivity index (χ4n) is 3.33. The van der Waals surface area contributed by atoms with Gasteiger partial charge >= 0.3 is 49.7 Å². The van der Waals surface area contributed by atoms with Gasteiger partial charge in [-0.1, -0.05) is 66.2 Å². The van der Waals surface area contributed by atoms with Crippen molar-refractivity contribution >= 4 is 59.8 Å². The summed E-state index contributed by atoms with van der Waals surface area (Å²) in [5, 5.41) is 0. The van der Waals surface area contributed by atoms with E-state index < -0.39 is 27.0 Å². The van der Waals surface area contributed by atoms with Crippen LogP contribution in [0, 0.1) is 11.8 Å². The molecule has 0 radical (unpaired) electrons. The van der Waals surface area contributed by atoms with Gasteiger partial charge in [-0.25, -0.2) is 9.59 Å². The Hall–Kier alpha value is -0.670. The molecule has 0 aromatic heterocycles. The van der Waals surface area contributed by atoms with Crippen molar-refractivity contribution in [3.63, 3.8) is 0 Å². The Balaban J connectivity index is 0.0000102. The molecule has 0 spiro atoms. The molecule has 186 valence electrons. The van der Waals surface area contributed by atoms with Gasteiger partial charge in [0.1, 0.15) is 0 Å². The first-order valence-corrected chi connectivity index (χ1v) is 13.1. The molecule has 1 aromatic carbocycles. The van der Waals surface area contributed by atoms with E-state index in [1.54, 1.807) is 0 Å². The summed E-state index contributed by atoms with van der Waals surface area (Å²) in [5.74, 6) is -1.06. The zero-order chi connectivity index (χ0) is 24.1. The normalized spacial score (nSPS) is 13.0. The number of ether oxygens (including phenoxy) is 2. The first kappa shape index (κ1) is 32.3. The molecule has 1 aromatic rings. The van der Waals surface area contributed by atoms with Gasteiger partial charge in [-0.2, -0.15) is 8.42 Å². The van der Waals surface area contributed by atoms with Crippen LogP contribution in [0.4, 0.5) is 0 Å². The standard InChI is InChI=1S/C24H38O7S.Ca.2H/c1-5-9-11-18(7-3)16-30-23(25)20-13-21(15-22(14-20)32(27,28)29)24(26)31-17-19(8-4)12-10-6-2;;;/h13-15,18-19H,5-12,16-17H2,1-4H3,(H,27,28,29);;;. The second kappa shape index (κ2) is 16.9. The third-order valence-corrected chi connectivity index (χ3v) is 6.49. The molecule has 0 saturated heterocycles. The Bertz CT molecular complexity index is 789. The molecule has 0 aliphatic carbocycles. The third kappa shape index (κ3) is 12.0. The van der Waals surface area contributed by atoms with Crippen molar-refractivity contribution in [1.82, 2.24) is 0 Å². The summed E-state index contributed by atoms with van der Waals surface area (Å²) in [6.45, 7) is 8.64. The summed E-state index contributed by atoms with van der Waals surface area (Å²) in [4.78, 5) is 24.6. The molecular formula is C24H40CaO7S. The van der Waals surface area contributed by atoms with E-state index in [1.807, 2.05) is 13.8 Å². The van der Waals surface area contributed by atoms with Crippen LogP contribution in [-0.4, -0.2) is 75.9 Å². The van der Waals surface area contributed by atoms with Crippen molar-refractivity contribution in [2.75, 3.05) is 13.2 Å². The molecule has 1 rings (SSSR count). The number of hydrogen-bond donors (Lipinski definition) is 1. The number of esters is 2. The average molecular weight is 513 g/mol. The summed E-state index contributed by atoms with van der Waals surface area (Å²) in [7, 11) is -4.63. The second-order valence-corrected chi connectivity index (χ2v) is 9.67. The Morgan fingerprint density at radius 1 is 0.818 bits per heavy atom. The summed E-state index contributed by atoms with van der Waals surface area (Å²) in [6.07, 6.45) is 7.72. The summed E-state index contributed by atoms with van der Waals surface area (Å²) in [6, 6.07) is 3.27. The van der Waals surface area contributed by atoms with Crippen LogP contribution in [0.1, 0.15) is 99.8 Å². The van der Waals surface area contributed by atoms with Crippen molar-refractivity contribution in [2.45, 2.75) is 84.0 Å². The number of hydrogen-bond acceptors (Lipinski definition) is 6. The first-order chi connectivity index (χ1) is 15.2. The molecule has 0 fully saturated rings. The number of rotatable bonds is 15. The van der Waals surface area contributed by atoms with E-state index in [1.165, 1.54) is 6.07 Å². The van der Waals surface area contributed by atoms with Gasteiger partial charge in [0.05, 0.1) is 29.2 Å². The average Bonchev–Trinajstić information content (AvgIpc) is 2.78. The van der Waals surface area contributed by atoms with Crippen LogP contribution in [0.3, 0.4) is 0 Å². The molecule has 0 bridgehead atoms. The van der Waals surface area contributed by atoms with Crippen molar-refractivity contribution in [1.29, 1.82) is 0 Å². The molecule has 33 heavy (non-hydrogen) atoms. The van der Waals surface area contributed by atoms with Gasteiger partial charge < -0.3 is 9.47 Å². The summed E-state index contributed by atoms with van der Waals surface area (Å²) >= 11 is 0. The van der Waals surface area contributed by atoms with Gasteiger partial charge in [-0.05, 0) is 42.9 Å². The maximum atomic E-state index is 12.6. The zero-order valence-corrected chi connectivity index (χ0v) is 20.6. The SMILES string of the molecule is CCCCC(CC)COC(=O)c1cc(C(=O)OCC(CC)CCCC)cc(S(=O)(=O)O)c1.[CaH2]. The van der Waals surface area contributed by atoms with Gasteiger partial charge in [0, 0.05) is 0 Å². The maximum absolute atomic E-state index is 12.6. The third-order valence-electron chi connectivity index (χ3n) is 5.66. The van der Waals surface area contributed by atoms with Crippen LogP contribution in [0.15, 0.2) is 23.1 Å². The topological polar surface area (TPSA) is 107 Å².